The molecule has 98 valence electrons. The number of nitrogens with zero attached hydrogens (tertiary/aromatic N) is 1. The first-order valence-corrected chi connectivity index (χ1v) is 6.47. The van der Waals surface area contributed by atoms with Gasteiger partial charge in [-0.05, 0) is 37.3 Å². The second-order valence-electron chi connectivity index (χ2n) is 4.76. The summed E-state index contributed by atoms with van der Waals surface area (Å²) in [7, 11) is 0. The number of nitrogens with two attached hydrogens (primary N) is 1. The maximum atomic E-state index is 12.2. The van der Waals surface area contributed by atoms with Crippen molar-refractivity contribution in [1.82, 2.24) is 4.90 Å². The van der Waals surface area contributed by atoms with Crippen molar-refractivity contribution in [3.63, 3.8) is 0 Å². The van der Waals surface area contributed by atoms with E-state index in [2.05, 4.69) is 4.84 Å². The van der Waals surface area contributed by atoms with Gasteiger partial charge in [0.05, 0.1) is 6.61 Å². The highest BCUT2D eigenvalue weighted by Crippen LogP contribution is 2.21. The number of rotatable bonds is 4. The molecule has 1 aromatic carbocycles. The van der Waals surface area contributed by atoms with Crippen LogP contribution in [0.15, 0.2) is 30.3 Å². The lowest BCUT2D eigenvalue weighted by molar-refractivity contribution is 0.0651. The van der Waals surface area contributed by atoms with Crippen LogP contribution >= 0.6 is 0 Å². The molecule has 1 aromatic rings. The molecule has 4 nitrogen and oxygen atoms in total. The van der Waals surface area contributed by atoms with E-state index in [4.69, 9.17) is 5.90 Å². The molecule has 0 bridgehead atoms. The Morgan fingerprint density at radius 1 is 1.28 bits per heavy atom. The molecular weight excluding hydrogens is 228 g/mol. The molecular formula is C14H20N2O2. The van der Waals surface area contributed by atoms with Crippen molar-refractivity contribution in [2.24, 2.45) is 11.8 Å². The summed E-state index contributed by atoms with van der Waals surface area (Å²) >= 11 is 0. The Balaban J connectivity index is 1.84. The topological polar surface area (TPSA) is 55.6 Å². The summed E-state index contributed by atoms with van der Waals surface area (Å²) in [6.45, 7) is 2.28. The summed E-state index contributed by atoms with van der Waals surface area (Å²) < 4.78 is 0. The number of hydrogen-bond acceptors (Lipinski definition) is 3. The highest BCUT2D eigenvalue weighted by atomic mass is 16.6. The third-order valence-corrected chi connectivity index (χ3v) is 3.57. The fourth-order valence-electron chi connectivity index (χ4n) is 2.42. The molecule has 1 heterocycles. The van der Waals surface area contributed by atoms with Crippen LogP contribution in [0, 0.1) is 5.92 Å². The van der Waals surface area contributed by atoms with Crippen LogP contribution in [0.25, 0.3) is 0 Å². The molecule has 1 amide bonds. The molecule has 2 N–H and O–H groups in total. The summed E-state index contributed by atoms with van der Waals surface area (Å²) in [4.78, 5) is 18.7. The van der Waals surface area contributed by atoms with E-state index >= 15 is 0 Å². The van der Waals surface area contributed by atoms with Gasteiger partial charge in [0.2, 0.25) is 0 Å². The molecule has 2 rings (SSSR count). The minimum atomic E-state index is 0.143. The largest absolute Gasteiger partial charge is 0.339 e. The molecule has 0 atom stereocenters. The van der Waals surface area contributed by atoms with Gasteiger partial charge >= 0.3 is 0 Å². The lowest BCUT2D eigenvalue weighted by atomic mass is 9.93. The molecule has 1 aliphatic rings. The first kappa shape index (κ1) is 13.1. The monoisotopic (exact) mass is 248 g/mol. The summed E-state index contributed by atoms with van der Waals surface area (Å²) in [5.74, 6) is 5.81. The average molecular weight is 248 g/mol. The van der Waals surface area contributed by atoms with Gasteiger partial charge in [0, 0.05) is 18.7 Å². The van der Waals surface area contributed by atoms with Crippen LogP contribution in [-0.4, -0.2) is 30.5 Å². The zero-order valence-corrected chi connectivity index (χ0v) is 10.5. The molecule has 0 aliphatic carbocycles. The lowest BCUT2D eigenvalue weighted by Crippen LogP contribution is -2.38. The standard InChI is InChI=1S/C14H20N2O2/c15-18-11-8-12-6-9-16(10-7-12)14(17)13-4-2-1-3-5-13/h1-5,12H,6-11,15H2. The van der Waals surface area contributed by atoms with E-state index in [-0.39, 0.29) is 5.91 Å². The molecule has 4 heteroatoms. The Bertz CT molecular complexity index is 373. The Labute approximate surface area is 108 Å². The molecule has 1 aliphatic heterocycles. The van der Waals surface area contributed by atoms with Crippen LogP contribution in [0.5, 0.6) is 0 Å². The van der Waals surface area contributed by atoms with E-state index in [0.29, 0.717) is 12.5 Å². The van der Waals surface area contributed by atoms with E-state index in [9.17, 15) is 4.79 Å². The number of benzene rings is 1. The number of hydrogen-bond donors (Lipinski definition) is 1. The van der Waals surface area contributed by atoms with Gasteiger partial charge in [0.1, 0.15) is 0 Å². The Hall–Kier alpha value is -1.39. The minimum absolute atomic E-state index is 0.143. The predicted octanol–water partition coefficient (Wildman–Crippen LogP) is 1.82. The minimum Gasteiger partial charge on any atom is -0.339 e. The van der Waals surface area contributed by atoms with Crippen molar-refractivity contribution in [3.05, 3.63) is 35.9 Å². The van der Waals surface area contributed by atoms with Gasteiger partial charge in [-0.3, -0.25) is 4.79 Å². The fraction of sp³-hybridized carbons (Fsp3) is 0.500. The summed E-state index contributed by atoms with van der Waals surface area (Å²) in [6, 6.07) is 9.47. The zero-order chi connectivity index (χ0) is 12.8. The van der Waals surface area contributed by atoms with Crippen LogP contribution in [0.2, 0.25) is 0 Å². The second-order valence-corrected chi connectivity index (χ2v) is 4.76. The van der Waals surface area contributed by atoms with Crippen LogP contribution < -0.4 is 5.90 Å². The predicted molar refractivity (Wildman–Crippen MR) is 69.8 cm³/mol. The summed E-state index contributed by atoms with van der Waals surface area (Å²) in [5, 5.41) is 0. The van der Waals surface area contributed by atoms with Crippen molar-refractivity contribution in [2.45, 2.75) is 19.3 Å². The number of carbonyl (C=O) groups is 1. The van der Waals surface area contributed by atoms with Crippen LogP contribution in [0.1, 0.15) is 29.6 Å². The van der Waals surface area contributed by atoms with Gasteiger partial charge in [-0.2, -0.15) is 0 Å². The van der Waals surface area contributed by atoms with E-state index < -0.39 is 0 Å². The molecule has 0 aromatic heterocycles. The van der Waals surface area contributed by atoms with Crippen molar-refractivity contribution >= 4 is 5.91 Å². The quantitative estimate of drug-likeness (QED) is 0.827. The smallest absolute Gasteiger partial charge is 0.253 e. The van der Waals surface area contributed by atoms with Crippen molar-refractivity contribution < 1.29 is 9.63 Å². The Morgan fingerprint density at radius 2 is 1.94 bits per heavy atom. The normalized spacial score (nSPS) is 16.8. The lowest BCUT2D eigenvalue weighted by Gasteiger charge is -2.32. The first-order valence-electron chi connectivity index (χ1n) is 6.47. The average Bonchev–Trinajstić information content (AvgIpc) is 2.46. The van der Waals surface area contributed by atoms with E-state index in [0.717, 1.165) is 37.9 Å². The molecule has 1 fully saturated rings. The fourth-order valence-corrected chi connectivity index (χ4v) is 2.42. The SMILES string of the molecule is NOCCC1CCN(C(=O)c2ccccc2)CC1. The van der Waals surface area contributed by atoms with Crippen molar-refractivity contribution in [3.8, 4) is 0 Å². The van der Waals surface area contributed by atoms with E-state index in [1.165, 1.54) is 0 Å². The third kappa shape index (κ3) is 3.31. The van der Waals surface area contributed by atoms with Crippen molar-refractivity contribution in [2.75, 3.05) is 19.7 Å². The van der Waals surface area contributed by atoms with Crippen molar-refractivity contribution in [1.29, 1.82) is 0 Å². The second kappa shape index (κ2) is 6.52. The maximum absolute atomic E-state index is 12.2. The molecule has 18 heavy (non-hydrogen) atoms. The maximum Gasteiger partial charge on any atom is 0.253 e. The number of likely N-dealkylation sites (tertiary alicyclic amines) is 1. The summed E-state index contributed by atoms with van der Waals surface area (Å²) in [5.41, 5.74) is 0.779. The van der Waals surface area contributed by atoms with Gasteiger partial charge in [-0.15, -0.1) is 0 Å². The van der Waals surface area contributed by atoms with Crippen LogP contribution in [-0.2, 0) is 4.84 Å². The Kier molecular flexibility index (Phi) is 4.73. The molecule has 0 unspecified atom stereocenters. The van der Waals surface area contributed by atoms with Gasteiger partial charge in [0.25, 0.3) is 5.91 Å². The first-order chi connectivity index (χ1) is 8.81. The van der Waals surface area contributed by atoms with Gasteiger partial charge in [0.15, 0.2) is 0 Å². The number of amides is 1. The third-order valence-electron chi connectivity index (χ3n) is 3.57. The van der Waals surface area contributed by atoms with E-state index in [1.54, 1.807) is 0 Å². The highest BCUT2D eigenvalue weighted by molar-refractivity contribution is 5.94. The Morgan fingerprint density at radius 3 is 2.56 bits per heavy atom. The molecule has 0 radical (unpaired) electrons. The summed E-state index contributed by atoms with van der Waals surface area (Å²) in [6.07, 6.45) is 3.08. The van der Waals surface area contributed by atoms with Gasteiger partial charge < -0.3 is 9.74 Å². The zero-order valence-electron chi connectivity index (χ0n) is 10.5. The van der Waals surface area contributed by atoms with Crippen LogP contribution in [0.4, 0.5) is 0 Å². The number of carbonyl (C=O) groups excluding carboxylic acids is 1. The van der Waals surface area contributed by atoms with E-state index in [1.807, 2.05) is 35.2 Å². The highest BCUT2D eigenvalue weighted by Gasteiger charge is 2.23. The van der Waals surface area contributed by atoms with Gasteiger partial charge in [-0.1, -0.05) is 18.2 Å². The van der Waals surface area contributed by atoms with Crippen LogP contribution in [0.3, 0.4) is 0 Å². The molecule has 0 spiro atoms. The molecule has 0 saturated carbocycles. The molecule has 1 saturated heterocycles. The number of piperidine rings is 1. The van der Waals surface area contributed by atoms with Gasteiger partial charge in [-0.25, -0.2) is 5.90 Å².